The first kappa shape index (κ1) is 12.0. The number of aryl methyl sites for hydroxylation is 1. The monoisotopic (exact) mass is 208 g/mol. The molecule has 1 aromatic heterocycles. The van der Waals surface area contributed by atoms with Gasteiger partial charge in [-0.05, 0) is 38.0 Å². The van der Waals surface area contributed by atoms with Crippen LogP contribution in [-0.4, -0.2) is 23.2 Å². The van der Waals surface area contributed by atoms with Crippen LogP contribution in [-0.2, 0) is 13.0 Å². The number of aromatic nitrogens is 1. The maximum atomic E-state index is 9.16. The lowest BCUT2D eigenvalue weighted by Crippen LogP contribution is -2.23. The fourth-order valence-electron chi connectivity index (χ4n) is 1.62. The molecule has 0 atom stereocenters. The van der Waals surface area contributed by atoms with Crippen LogP contribution in [0.2, 0.25) is 0 Å². The quantitative estimate of drug-likeness (QED) is 0.804. The Labute approximate surface area is 91.8 Å². The van der Waals surface area contributed by atoms with Crippen LogP contribution >= 0.6 is 0 Å². The first-order chi connectivity index (χ1) is 7.24. The summed E-state index contributed by atoms with van der Waals surface area (Å²) in [7, 11) is 0. The van der Waals surface area contributed by atoms with Gasteiger partial charge in [0.15, 0.2) is 0 Å². The van der Waals surface area contributed by atoms with Gasteiger partial charge in [-0.25, -0.2) is 4.98 Å². The highest BCUT2D eigenvalue weighted by Gasteiger charge is 2.06. The van der Waals surface area contributed by atoms with Gasteiger partial charge in [-0.15, -0.1) is 0 Å². The third-order valence-electron chi connectivity index (χ3n) is 2.56. The largest absolute Gasteiger partial charge is 0.392 e. The topological polar surface area (TPSA) is 36.4 Å². The van der Waals surface area contributed by atoms with Crippen LogP contribution in [0.3, 0.4) is 0 Å². The Morgan fingerprint density at radius 2 is 1.87 bits per heavy atom. The van der Waals surface area contributed by atoms with Crippen molar-refractivity contribution in [3.8, 4) is 0 Å². The molecule has 84 valence electrons. The zero-order valence-corrected chi connectivity index (χ0v) is 9.82. The van der Waals surface area contributed by atoms with Gasteiger partial charge in [-0.1, -0.05) is 6.92 Å². The third kappa shape index (κ3) is 2.93. The van der Waals surface area contributed by atoms with E-state index in [0.717, 1.165) is 36.6 Å². The van der Waals surface area contributed by atoms with Crippen molar-refractivity contribution in [2.75, 3.05) is 18.0 Å². The van der Waals surface area contributed by atoms with Gasteiger partial charge in [-0.3, -0.25) is 0 Å². The molecule has 1 N–H and O–H groups in total. The van der Waals surface area contributed by atoms with E-state index in [1.165, 1.54) is 0 Å². The molecule has 15 heavy (non-hydrogen) atoms. The van der Waals surface area contributed by atoms with Crippen molar-refractivity contribution >= 4 is 5.82 Å². The first-order valence-electron chi connectivity index (χ1n) is 5.60. The van der Waals surface area contributed by atoms with Crippen molar-refractivity contribution < 1.29 is 5.11 Å². The van der Waals surface area contributed by atoms with Crippen molar-refractivity contribution in [2.45, 2.75) is 33.8 Å². The Bertz CT molecular complexity index is 286. The van der Waals surface area contributed by atoms with E-state index >= 15 is 0 Å². The third-order valence-corrected chi connectivity index (χ3v) is 2.56. The van der Waals surface area contributed by atoms with Crippen LogP contribution in [0, 0.1) is 0 Å². The predicted octanol–water partition coefficient (Wildman–Crippen LogP) is 1.98. The molecular weight excluding hydrogens is 188 g/mol. The van der Waals surface area contributed by atoms with Crippen molar-refractivity contribution in [2.24, 2.45) is 0 Å². The average Bonchev–Trinajstić information content (AvgIpc) is 2.30. The van der Waals surface area contributed by atoms with Crippen LogP contribution < -0.4 is 4.90 Å². The minimum absolute atomic E-state index is 0.0871. The molecule has 0 aliphatic heterocycles. The Morgan fingerprint density at radius 1 is 1.20 bits per heavy atom. The molecule has 0 amide bonds. The van der Waals surface area contributed by atoms with Crippen LogP contribution in [0.25, 0.3) is 0 Å². The number of hydrogen-bond donors (Lipinski definition) is 1. The molecule has 1 aromatic rings. The molecule has 3 nitrogen and oxygen atoms in total. The number of aliphatic hydroxyl groups excluding tert-OH is 1. The molecule has 3 heteroatoms. The van der Waals surface area contributed by atoms with Crippen LogP contribution in [0.1, 0.15) is 32.0 Å². The second-order valence-electron chi connectivity index (χ2n) is 3.51. The lowest BCUT2D eigenvalue weighted by molar-refractivity contribution is 0.281. The maximum absolute atomic E-state index is 9.16. The van der Waals surface area contributed by atoms with Gasteiger partial charge in [0.05, 0.1) is 6.61 Å². The van der Waals surface area contributed by atoms with Gasteiger partial charge in [0.1, 0.15) is 5.82 Å². The molecule has 0 saturated carbocycles. The maximum Gasteiger partial charge on any atom is 0.129 e. The smallest absolute Gasteiger partial charge is 0.129 e. The Kier molecular flexibility index (Phi) is 4.56. The molecule has 0 aromatic carbocycles. The summed E-state index contributed by atoms with van der Waals surface area (Å²) in [5, 5.41) is 9.16. The van der Waals surface area contributed by atoms with E-state index in [-0.39, 0.29) is 6.61 Å². The molecule has 0 unspecified atom stereocenters. The highest BCUT2D eigenvalue weighted by atomic mass is 16.3. The van der Waals surface area contributed by atoms with E-state index < -0.39 is 0 Å². The molecule has 0 spiro atoms. The average molecular weight is 208 g/mol. The van der Waals surface area contributed by atoms with Crippen molar-refractivity contribution in [3.63, 3.8) is 0 Å². The highest BCUT2D eigenvalue weighted by molar-refractivity contribution is 5.42. The molecular formula is C12H20N2O. The van der Waals surface area contributed by atoms with Crippen molar-refractivity contribution in [1.82, 2.24) is 4.98 Å². The zero-order valence-electron chi connectivity index (χ0n) is 9.82. The Balaban J connectivity index is 3.05. The number of rotatable bonds is 5. The molecule has 0 aliphatic carbocycles. The standard InChI is InChI=1S/C12H20N2O/c1-4-11-7-10(9-15)8-12(13-11)14(5-2)6-3/h7-8,15H,4-6,9H2,1-3H3. The molecule has 0 radical (unpaired) electrons. The second kappa shape index (κ2) is 5.71. The van der Waals surface area contributed by atoms with Crippen LogP contribution in [0.5, 0.6) is 0 Å². The zero-order chi connectivity index (χ0) is 11.3. The van der Waals surface area contributed by atoms with Gasteiger partial charge in [0, 0.05) is 18.8 Å². The van der Waals surface area contributed by atoms with E-state index in [4.69, 9.17) is 5.11 Å². The van der Waals surface area contributed by atoms with Gasteiger partial charge in [0.2, 0.25) is 0 Å². The number of nitrogens with zero attached hydrogens (tertiary/aromatic N) is 2. The Hall–Kier alpha value is -1.09. The van der Waals surface area contributed by atoms with E-state index in [2.05, 4.69) is 30.7 Å². The number of pyridine rings is 1. The lowest BCUT2D eigenvalue weighted by Gasteiger charge is -2.21. The predicted molar refractivity (Wildman–Crippen MR) is 63.1 cm³/mol. The minimum Gasteiger partial charge on any atom is -0.392 e. The van der Waals surface area contributed by atoms with E-state index in [9.17, 15) is 0 Å². The van der Waals surface area contributed by atoms with E-state index in [1.54, 1.807) is 0 Å². The van der Waals surface area contributed by atoms with Gasteiger partial charge in [-0.2, -0.15) is 0 Å². The molecule has 0 aliphatic rings. The summed E-state index contributed by atoms with van der Waals surface area (Å²) in [4.78, 5) is 6.75. The minimum atomic E-state index is 0.0871. The number of aliphatic hydroxyl groups is 1. The molecule has 0 bridgehead atoms. The second-order valence-corrected chi connectivity index (χ2v) is 3.51. The fourth-order valence-corrected chi connectivity index (χ4v) is 1.62. The molecule has 0 saturated heterocycles. The van der Waals surface area contributed by atoms with Crippen LogP contribution in [0.15, 0.2) is 12.1 Å². The number of anilines is 1. The molecule has 1 heterocycles. The van der Waals surface area contributed by atoms with Crippen LogP contribution in [0.4, 0.5) is 5.82 Å². The summed E-state index contributed by atoms with van der Waals surface area (Å²) in [6.45, 7) is 8.28. The summed E-state index contributed by atoms with van der Waals surface area (Å²) >= 11 is 0. The summed E-state index contributed by atoms with van der Waals surface area (Å²) in [6.07, 6.45) is 0.905. The van der Waals surface area contributed by atoms with Gasteiger partial charge < -0.3 is 10.0 Å². The molecule has 1 rings (SSSR count). The van der Waals surface area contributed by atoms with Gasteiger partial charge in [0.25, 0.3) is 0 Å². The fraction of sp³-hybridized carbons (Fsp3) is 0.583. The van der Waals surface area contributed by atoms with Crippen molar-refractivity contribution in [3.05, 3.63) is 23.4 Å². The van der Waals surface area contributed by atoms with E-state index in [1.807, 2.05) is 12.1 Å². The number of hydrogen-bond acceptors (Lipinski definition) is 3. The normalized spacial score (nSPS) is 10.4. The summed E-state index contributed by atoms with van der Waals surface area (Å²) in [5.41, 5.74) is 1.99. The summed E-state index contributed by atoms with van der Waals surface area (Å²) in [6, 6.07) is 3.93. The van der Waals surface area contributed by atoms with Gasteiger partial charge >= 0.3 is 0 Å². The summed E-state index contributed by atoms with van der Waals surface area (Å²) < 4.78 is 0. The first-order valence-corrected chi connectivity index (χ1v) is 5.60. The SMILES string of the molecule is CCc1cc(CO)cc(N(CC)CC)n1. The summed E-state index contributed by atoms with van der Waals surface area (Å²) in [5.74, 6) is 0.975. The Morgan fingerprint density at radius 3 is 2.33 bits per heavy atom. The highest BCUT2D eigenvalue weighted by Crippen LogP contribution is 2.15. The van der Waals surface area contributed by atoms with E-state index in [0.29, 0.717) is 0 Å². The lowest BCUT2D eigenvalue weighted by atomic mass is 10.2. The van der Waals surface area contributed by atoms with Crippen molar-refractivity contribution in [1.29, 1.82) is 0 Å². The molecule has 0 fully saturated rings.